The third kappa shape index (κ3) is 3.12. The molecule has 0 fully saturated rings. The molecule has 1 rings (SSSR count). The molecule has 0 aliphatic rings. The van der Waals surface area contributed by atoms with Gasteiger partial charge >= 0.3 is 0 Å². The highest BCUT2D eigenvalue weighted by Gasteiger charge is 1.99. The predicted molar refractivity (Wildman–Crippen MR) is 58.2 cm³/mol. The summed E-state index contributed by atoms with van der Waals surface area (Å²) in [6.07, 6.45) is 5.91. The highest BCUT2D eigenvalue weighted by Crippen LogP contribution is 2.16. The van der Waals surface area contributed by atoms with Gasteiger partial charge in [-0.15, -0.1) is 12.3 Å². The van der Waals surface area contributed by atoms with Crippen molar-refractivity contribution in [3.05, 3.63) is 29.8 Å². The van der Waals surface area contributed by atoms with Crippen LogP contribution >= 0.6 is 0 Å². The first-order chi connectivity index (χ1) is 6.88. The molecule has 1 aromatic rings. The van der Waals surface area contributed by atoms with E-state index in [0.717, 1.165) is 30.8 Å². The molecule has 0 bridgehead atoms. The Labute approximate surface area is 85.3 Å². The summed E-state index contributed by atoms with van der Waals surface area (Å²) >= 11 is 0. The van der Waals surface area contributed by atoms with Crippen LogP contribution in [-0.4, -0.2) is 13.7 Å². The maximum atomic E-state index is 5.22. The highest BCUT2D eigenvalue weighted by atomic mass is 16.5. The largest absolute Gasteiger partial charge is 0.496 e. The van der Waals surface area contributed by atoms with Gasteiger partial charge in [-0.25, -0.2) is 0 Å². The monoisotopic (exact) mass is 189 g/mol. The van der Waals surface area contributed by atoms with Gasteiger partial charge < -0.3 is 10.1 Å². The number of rotatable bonds is 5. The number of terminal acetylenes is 1. The summed E-state index contributed by atoms with van der Waals surface area (Å²) in [4.78, 5) is 0. The van der Waals surface area contributed by atoms with Crippen LogP contribution < -0.4 is 10.1 Å². The zero-order chi connectivity index (χ0) is 10.2. The average molecular weight is 189 g/mol. The second-order valence-corrected chi connectivity index (χ2v) is 2.94. The van der Waals surface area contributed by atoms with Crippen molar-refractivity contribution in [1.29, 1.82) is 0 Å². The molecule has 0 unspecified atom stereocenters. The Morgan fingerprint density at radius 3 is 2.93 bits per heavy atom. The van der Waals surface area contributed by atoms with Crippen molar-refractivity contribution in [2.75, 3.05) is 13.7 Å². The van der Waals surface area contributed by atoms with E-state index in [-0.39, 0.29) is 0 Å². The molecule has 0 aromatic heterocycles. The molecule has 0 amide bonds. The molecule has 0 saturated carbocycles. The van der Waals surface area contributed by atoms with Crippen LogP contribution in [0.4, 0.5) is 0 Å². The quantitative estimate of drug-likeness (QED) is 0.563. The Morgan fingerprint density at radius 2 is 2.21 bits per heavy atom. The Kier molecular flexibility index (Phi) is 4.60. The molecule has 2 nitrogen and oxygen atoms in total. The van der Waals surface area contributed by atoms with E-state index in [1.165, 1.54) is 0 Å². The fraction of sp³-hybridized carbons (Fsp3) is 0.333. The Morgan fingerprint density at radius 1 is 1.43 bits per heavy atom. The van der Waals surface area contributed by atoms with Crippen LogP contribution in [0.15, 0.2) is 24.3 Å². The highest BCUT2D eigenvalue weighted by molar-refractivity contribution is 5.32. The van der Waals surface area contributed by atoms with E-state index in [2.05, 4.69) is 11.2 Å². The van der Waals surface area contributed by atoms with E-state index in [1.807, 2.05) is 24.3 Å². The standard InChI is InChI=1S/C12H15NO/c1-3-4-9-13-10-11-7-5-6-8-12(11)14-2/h1,5-8,13H,4,9-10H2,2H3. The van der Waals surface area contributed by atoms with Gasteiger partial charge in [-0.3, -0.25) is 0 Å². The van der Waals surface area contributed by atoms with Crippen molar-refractivity contribution in [2.45, 2.75) is 13.0 Å². The van der Waals surface area contributed by atoms with Gasteiger partial charge in [0.05, 0.1) is 7.11 Å². The second kappa shape index (κ2) is 6.06. The molecular weight excluding hydrogens is 174 g/mol. The molecule has 1 aromatic carbocycles. The van der Waals surface area contributed by atoms with Crippen molar-refractivity contribution in [3.8, 4) is 18.1 Å². The maximum Gasteiger partial charge on any atom is 0.123 e. The predicted octanol–water partition coefficient (Wildman–Crippen LogP) is 1.81. The molecule has 2 heteroatoms. The van der Waals surface area contributed by atoms with Gasteiger partial charge in [0.15, 0.2) is 0 Å². The fourth-order valence-electron chi connectivity index (χ4n) is 1.23. The third-order valence-electron chi connectivity index (χ3n) is 1.95. The number of ether oxygens (including phenoxy) is 1. The molecule has 0 atom stereocenters. The lowest BCUT2D eigenvalue weighted by Crippen LogP contribution is -2.14. The van der Waals surface area contributed by atoms with Gasteiger partial charge in [0.25, 0.3) is 0 Å². The summed E-state index contributed by atoms with van der Waals surface area (Å²) in [5, 5.41) is 3.25. The van der Waals surface area contributed by atoms with E-state index in [4.69, 9.17) is 11.2 Å². The van der Waals surface area contributed by atoms with Gasteiger partial charge in [0, 0.05) is 25.1 Å². The molecule has 0 aliphatic heterocycles. The third-order valence-corrected chi connectivity index (χ3v) is 1.95. The summed E-state index contributed by atoms with van der Waals surface area (Å²) in [5.41, 5.74) is 1.16. The number of para-hydroxylation sites is 1. The molecule has 0 heterocycles. The maximum absolute atomic E-state index is 5.22. The molecule has 0 spiro atoms. The van der Waals surface area contributed by atoms with Crippen LogP contribution in [0.2, 0.25) is 0 Å². The first-order valence-electron chi connectivity index (χ1n) is 4.64. The second-order valence-electron chi connectivity index (χ2n) is 2.94. The van der Waals surface area contributed by atoms with Crippen molar-refractivity contribution >= 4 is 0 Å². The average Bonchev–Trinajstić information content (AvgIpc) is 2.25. The van der Waals surface area contributed by atoms with E-state index >= 15 is 0 Å². The Bertz CT molecular complexity index is 314. The van der Waals surface area contributed by atoms with E-state index in [9.17, 15) is 0 Å². The Hall–Kier alpha value is -1.46. The number of nitrogens with one attached hydrogen (secondary N) is 1. The van der Waals surface area contributed by atoms with Crippen molar-refractivity contribution in [3.63, 3.8) is 0 Å². The van der Waals surface area contributed by atoms with Crippen LogP contribution in [-0.2, 0) is 6.54 Å². The van der Waals surface area contributed by atoms with Crippen molar-refractivity contribution < 1.29 is 4.74 Å². The lowest BCUT2D eigenvalue weighted by atomic mass is 10.2. The number of benzene rings is 1. The first-order valence-corrected chi connectivity index (χ1v) is 4.64. The van der Waals surface area contributed by atoms with Gasteiger partial charge in [0.1, 0.15) is 5.75 Å². The molecular formula is C12H15NO. The van der Waals surface area contributed by atoms with Crippen LogP contribution in [0.5, 0.6) is 5.75 Å². The molecule has 0 saturated heterocycles. The van der Waals surface area contributed by atoms with Crippen molar-refractivity contribution in [1.82, 2.24) is 5.32 Å². The number of hydrogen-bond acceptors (Lipinski definition) is 2. The SMILES string of the molecule is C#CCCNCc1ccccc1OC. The van der Waals surface area contributed by atoms with Crippen LogP contribution in [0.25, 0.3) is 0 Å². The van der Waals surface area contributed by atoms with Crippen LogP contribution in [0.1, 0.15) is 12.0 Å². The van der Waals surface area contributed by atoms with E-state index < -0.39 is 0 Å². The minimum atomic E-state index is 0.759. The van der Waals surface area contributed by atoms with Gasteiger partial charge in [-0.1, -0.05) is 18.2 Å². The van der Waals surface area contributed by atoms with Crippen LogP contribution in [0.3, 0.4) is 0 Å². The van der Waals surface area contributed by atoms with Gasteiger partial charge in [-0.05, 0) is 6.07 Å². The summed E-state index contributed by atoms with van der Waals surface area (Å²) in [7, 11) is 1.68. The zero-order valence-electron chi connectivity index (χ0n) is 8.42. The van der Waals surface area contributed by atoms with Crippen molar-refractivity contribution in [2.24, 2.45) is 0 Å². The normalized spacial score (nSPS) is 9.43. The minimum Gasteiger partial charge on any atom is -0.496 e. The lowest BCUT2D eigenvalue weighted by Gasteiger charge is -2.08. The zero-order valence-corrected chi connectivity index (χ0v) is 8.42. The summed E-state index contributed by atoms with van der Waals surface area (Å²) in [6, 6.07) is 7.96. The molecule has 0 radical (unpaired) electrons. The Balaban J connectivity index is 2.46. The molecule has 0 aliphatic carbocycles. The van der Waals surface area contributed by atoms with Gasteiger partial charge in [0.2, 0.25) is 0 Å². The smallest absolute Gasteiger partial charge is 0.123 e. The van der Waals surface area contributed by atoms with E-state index in [0.29, 0.717) is 0 Å². The summed E-state index contributed by atoms with van der Waals surface area (Å²) in [6.45, 7) is 1.64. The number of hydrogen-bond donors (Lipinski definition) is 1. The van der Waals surface area contributed by atoms with E-state index in [1.54, 1.807) is 7.11 Å². The summed E-state index contributed by atoms with van der Waals surface area (Å²) < 4.78 is 5.22. The topological polar surface area (TPSA) is 21.3 Å². The minimum absolute atomic E-state index is 0.759. The molecule has 74 valence electrons. The first kappa shape index (κ1) is 10.6. The lowest BCUT2D eigenvalue weighted by molar-refractivity contribution is 0.408. The summed E-state index contributed by atoms with van der Waals surface area (Å²) in [5.74, 6) is 3.51. The molecule has 14 heavy (non-hydrogen) atoms. The van der Waals surface area contributed by atoms with Crippen LogP contribution in [0, 0.1) is 12.3 Å². The number of methoxy groups -OCH3 is 1. The fourth-order valence-corrected chi connectivity index (χ4v) is 1.23. The van der Waals surface area contributed by atoms with Gasteiger partial charge in [-0.2, -0.15) is 0 Å². The molecule has 1 N–H and O–H groups in total.